The Kier molecular flexibility index (Phi) is 5.41. The number of likely N-dealkylation sites (tertiary alicyclic amines) is 1. The smallest absolute Gasteiger partial charge is 0.321 e. The summed E-state index contributed by atoms with van der Waals surface area (Å²) in [6, 6.07) is -0.368. The van der Waals surface area contributed by atoms with Gasteiger partial charge in [0.25, 0.3) is 0 Å². The lowest BCUT2D eigenvalue weighted by Gasteiger charge is -2.30. The van der Waals surface area contributed by atoms with Crippen LogP contribution >= 0.6 is 0 Å². The zero-order valence-corrected chi connectivity index (χ0v) is 11.0. The molecule has 17 heavy (non-hydrogen) atoms. The fraction of sp³-hybridized carbons (Fsp3) is 0.833. The third kappa shape index (κ3) is 5.68. The molecule has 2 N–H and O–H groups in total. The number of carbonyl (C=O) groups is 2. The lowest BCUT2D eigenvalue weighted by Crippen LogP contribution is -2.47. The minimum Gasteiger partial charge on any atom is -0.336 e. The summed E-state index contributed by atoms with van der Waals surface area (Å²) in [5, 5.41) is 4.97. The SMILES string of the molecule is CC1CCCN(CC(=O)NC(=O)NC(C)C)C1. The molecule has 0 radical (unpaired) electrons. The van der Waals surface area contributed by atoms with Crippen LogP contribution in [-0.4, -0.2) is 42.5 Å². The van der Waals surface area contributed by atoms with Gasteiger partial charge < -0.3 is 5.32 Å². The van der Waals surface area contributed by atoms with Crippen LogP contribution in [-0.2, 0) is 4.79 Å². The van der Waals surface area contributed by atoms with Crippen LogP contribution in [0.4, 0.5) is 4.79 Å². The lowest BCUT2D eigenvalue weighted by atomic mass is 10.0. The van der Waals surface area contributed by atoms with Gasteiger partial charge in [0, 0.05) is 12.6 Å². The highest BCUT2D eigenvalue weighted by Crippen LogP contribution is 2.14. The summed E-state index contributed by atoms with van der Waals surface area (Å²) in [6.07, 6.45) is 2.36. The van der Waals surface area contributed by atoms with Crippen molar-refractivity contribution in [3.8, 4) is 0 Å². The van der Waals surface area contributed by atoms with E-state index in [0.717, 1.165) is 19.5 Å². The number of carbonyl (C=O) groups excluding carboxylic acids is 2. The van der Waals surface area contributed by atoms with E-state index >= 15 is 0 Å². The third-order valence-corrected chi connectivity index (χ3v) is 2.78. The lowest BCUT2D eigenvalue weighted by molar-refractivity contribution is -0.121. The van der Waals surface area contributed by atoms with Crippen LogP contribution in [0.5, 0.6) is 0 Å². The third-order valence-electron chi connectivity index (χ3n) is 2.78. The Morgan fingerprint density at radius 2 is 2.12 bits per heavy atom. The molecule has 1 aliphatic heterocycles. The van der Waals surface area contributed by atoms with E-state index < -0.39 is 6.03 Å². The van der Waals surface area contributed by atoms with Crippen LogP contribution in [0.25, 0.3) is 0 Å². The van der Waals surface area contributed by atoms with Gasteiger partial charge in [-0.2, -0.15) is 0 Å². The van der Waals surface area contributed by atoms with E-state index in [1.54, 1.807) is 0 Å². The molecule has 5 nitrogen and oxygen atoms in total. The Morgan fingerprint density at radius 1 is 1.41 bits per heavy atom. The van der Waals surface area contributed by atoms with Crippen LogP contribution in [0.3, 0.4) is 0 Å². The molecule has 98 valence electrons. The second-order valence-corrected chi connectivity index (χ2v) is 5.16. The molecule has 0 aromatic heterocycles. The van der Waals surface area contributed by atoms with Gasteiger partial charge in [-0.3, -0.25) is 15.0 Å². The first-order valence-electron chi connectivity index (χ1n) is 6.30. The summed E-state index contributed by atoms with van der Waals surface area (Å²) in [5.41, 5.74) is 0. The fourth-order valence-electron chi connectivity index (χ4n) is 2.10. The number of piperidine rings is 1. The molecule has 1 saturated heterocycles. The number of urea groups is 1. The second-order valence-electron chi connectivity index (χ2n) is 5.16. The van der Waals surface area contributed by atoms with Crippen LogP contribution in [0.1, 0.15) is 33.6 Å². The van der Waals surface area contributed by atoms with Gasteiger partial charge in [-0.25, -0.2) is 4.79 Å². The average molecular weight is 241 g/mol. The molecule has 1 fully saturated rings. The summed E-state index contributed by atoms with van der Waals surface area (Å²) in [6.45, 7) is 8.11. The van der Waals surface area contributed by atoms with E-state index in [4.69, 9.17) is 0 Å². The van der Waals surface area contributed by atoms with Gasteiger partial charge in [0.15, 0.2) is 0 Å². The van der Waals surface area contributed by atoms with E-state index in [2.05, 4.69) is 22.5 Å². The maximum absolute atomic E-state index is 11.6. The maximum atomic E-state index is 11.6. The number of nitrogens with one attached hydrogen (secondary N) is 2. The van der Waals surface area contributed by atoms with Gasteiger partial charge in [0.1, 0.15) is 0 Å². The first kappa shape index (κ1) is 14.0. The molecule has 0 saturated carbocycles. The van der Waals surface area contributed by atoms with Gasteiger partial charge in [-0.1, -0.05) is 6.92 Å². The van der Waals surface area contributed by atoms with Gasteiger partial charge in [0.2, 0.25) is 5.91 Å². The van der Waals surface area contributed by atoms with Crippen LogP contribution in [0.15, 0.2) is 0 Å². The van der Waals surface area contributed by atoms with Crippen LogP contribution in [0, 0.1) is 5.92 Å². The van der Waals surface area contributed by atoms with E-state index in [9.17, 15) is 9.59 Å². The Balaban J connectivity index is 2.26. The number of amides is 3. The average Bonchev–Trinajstić information content (AvgIpc) is 2.14. The minimum atomic E-state index is -0.407. The highest BCUT2D eigenvalue weighted by molar-refractivity contribution is 5.95. The largest absolute Gasteiger partial charge is 0.336 e. The van der Waals surface area contributed by atoms with Crippen molar-refractivity contribution in [3.63, 3.8) is 0 Å². The molecule has 5 heteroatoms. The Morgan fingerprint density at radius 3 is 2.71 bits per heavy atom. The molecule has 0 bridgehead atoms. The normalized spacial score (nSPS) is 21.3. The quantitative estimate of drug-likeness (QED) is 0.773. The molecule has 3 amide bonds. The van der Waals surface area contributed by atoms with Crippen molar-refractivity contribution in [2.45, 2.75) is 39.7 Å². The summed E-state index contributed by atoms with van der Waals surface area (Å²) >= 11 is 0. The molecular weight excluding hydrogens is 218 g/mol. The molecule has 1 aliphatic rings. The molecule has 1 atom stereocenters. The standard InChI is InChI=1S/C12H23N3O2/c1-9(2)13-12(17)14-11(16)8-15-6-4-5-10(3)7-15/h9-10H,4-8H2,1-3H3,(H2,13,14,16,17). The van der Waals surface area contributed by atoms with Crippen molar-refractivity contribution in [3.05, 3.63) is 0 Å². The first-order chi connectivity index (χ1) is 7.97. The predicted octanol–water partition coefficient (Wildman–Crippen LogP) is 0.953. The topological polar surface area (TPSA) is 61.4 Å². The Labute approximate surface area is 103 Å². The van der Waals surface area contributed by atoms with Crippen molar-refractivity contribution < 1.29 is 9.59 Å². The number of imide groups is 1. The molecule has 1 heterocycles. The highest BCUT2D eigenvalue weighted by atomic mass is 16.2. The summed E-state index contributed by atoms with van der Waals surface area (Å²) in [7, 11) is 0. The Bertz CT molecular complexity index is 279. The molecular formula is C12H23N3O2. The highest BCUT2D eigenvalue weighted by Gasteiger charge is 2.19. The van der Waals surface area contributed by atoms with Crippen LogP contribution < -0.4 is 10.6 Å². The van der Waals surface area contributed by atoms with Crippen molar-refractivity contribution in [2.24, 2.45) is 5.92 Å². The van der Waals surface area contributed by atoms with Crippen molar-refractivity contribution in [1.82, 2.24) is 15.5 Å². The Hall–Kier alpha value is -1.10. The van der Waals surface area contributed by atoms with Gasteiger partial charge in [0.05, 0.1) is 6.54 Å². The summed E-state index contributed by atoms with van der Waals surface area (Å²) in [5.74, 6) is 0.415. The second kappa shape index (κ2) is 6.59. The maximum Gasteiger partial charge on any atom is 0.321 e. The number of nitrogens with zero attached hydrogens (tertiary/aromatic N) is 1. The van der Waals surface area contributed by atoms with E-state index in [1.165, 1.54) is 6.42 Å². The van der Waals surface area contributed by atoms with Crippen LogP contribution in [0.2, 0.25) is 0 Å². The fourth-order valence-corrected chi connectivity index (χ4v) is 2.10. The van der Waals surface area contributed by atoms with Crippen molar-refractivity contribution >= 4 is 11.9 Å². The van der Waals surface area contributed by atoms with Gasteiger partial charge in [-0.05, 0) is 39.2 Å². The molecule has 0 spiro atoms. The minimum absolute atomic E-state index is 0.0396. The number of rotatable bonds is 3. The molecule has 1 unspecified atom stereocenters. The van der Waals surface area contributed by atoms with Gasteiger partial charge in [-0.15, -0.1) is 0 Å². The van der Waals surface area contributed by atoms with E-state index in [0.29, 0.717) is 12.5 Å². The molecule has 0 aromatic carbocycles. The molecule has 0 aliphatic carbocycles. The zero-order chi connectivity index (χ0) is 12.8. The molecule has 0 aromatic rings. The zero-order valence-electron chi connectivity index (χ0n) is 11.0. The summed E-state index contributed by atoms with van der Waals surface area (Å²) < 4.78 is 0. The summed E-state index contributed by atoms with van der Waals surface area (Å²) in [4.78, 5) is 25.0. The first-order valence-corrected chi connectivity index (χ1v) is 6.30. The van der Waals surface area contributed by atoms with E-state index in [-0.39, 0.29) is 11.9 Å². The molecule has 1 rings (SSSR count). The van der Waals surface area contributed by atoms with Crippen molar-refractivity contribution in [1.29, 1.82) is 0 Å². The van der Waals surface area contributed by atoms with Crippen molar-refractivity contribution in [2.75, 3.05) is 19.6 Å². The monoisotopic (exact) mass is 241 g/mol. The number of hydrogen-bond donors (Lipinski definition) is 2. The van der Waals surface area contributed by atoms with Gasteiger partial charge >= 0.3 is 6.03 Å². The number of hydrogen-bond acceptors (Lipinski definition) is 3. The van der Waals surface area contributed by atoms with E-state index in [1.807, 2.05) is 13.8 Å². The predicted molar refractivity (Wildman–Crippen MR) is 66.6 cm³/mol.